The first-order valence-electron chi connectivity index (χ1n) is 13.1. The topological polar surface area (TPSA) is 43.1 Å². The molecule has 0 unspecified atom stereocenters. The Morgan fingerprint density at radius 3 is 1.90 bits per heavy atom. The SMILES string of the molecule is O=P(c1ccccc1)(c1ccccc1)c1ccc2sc3ccc(-c4ccc5oc6cccnc6c5c4)cc3c2c1. The van der Waals surface area contributed by atoms with Gasteiger partial charge >= 0.3 is 0 Å². The Morgan fingerprint density at radius 2 is 1.18 bits per heavy atom. The molecule has 3 aromatic heterocycles. The van der Waals surface area contributed by atoms with Crippen LogP contribution in [0.15, 0.2) is 138 Å². The van der Waals surface area contributed by atoms with Crippen molar-refractivity contribution in [1.29, 1.82) is 0 Å². The van der Waals surface area contributed by atoms with Gasteiger partial charge in [-0.05, 0) is 65.7 Å². The monoisotopic (exact) mass is 551 g/mol. The fraction of sp³-hybridized carbons (Fsp3) is 0. The quantitative estimate of drug-likeness (QED) is 0.206. The maximum absolute atomic E-state index is 15.0. The lowest BCUT2D eigenvalue weighted by molar-refractivity contribution is 0.592. The number of pyridine rings is 1. The molecule has 190 valence electrons. The van der Waals surface area contributed by atoms with Crippen molar-refractivity contribution < 1.29 is 8.98 Å². The molecule has 0 atom stereocenters. The van der Waals surface area contributed by atoms with Crippen molar-refractivity contribution in [2.75, 3.05) is 0 Å². The zero-order valence-electron chi connectivity index (χ0n) is 21.3. The van der Waals surface area contributed by atoms with E-state index >= 15 is 4.57 Å². The lowest BCUT2D eigenvalue weighted by atomic mass is 10.0. The Kier molecular flexibility index (Phi) is 5.28. The number of nitrogens with zero attached hydrogens (tertiary/aromatic N) is 1. The normalized spacial score (nSPS) is 12.1. The van der Waals surface area contributed by atoms with Crippen molar-refractivity contribution in [3.8, 4) is 11.1 Å². The third kappa shape index (κ3) is 3.57. The number of hydrogen-bond donors (Lipinski definition) is 0. The molecule has 5 heteroatoms. The lowest BCUT2D eigenvalue weighted by Crippen LogP contribution is -2.24. The van der Waals surface area contributed by atoms with Crippen LogP contribution in [0.5, 0.6) is 0 Å². The van der Waals surface area contributed by atoms with E-state index in [1.807, 2.05) is 84.9 Å². The van der Waals surface area contributed by atoms with E-state index in [4.69, 9.17) is 4.42 Å². The predicted molar refractivity (Wildman–Crippen MR) is 169 cm³/mol. The molecule has 0 saturated heterocycles. The standard InChI is InChI=1S/C35H22NO2PS/c37-39(25-8-3-1-4-9-25,26-10-5-2-6-11-26)27-15-18-34-29(22-27)28-20-24(14-17-33(28)40-34)23-13-16-31-30(21-23)35-32(38-31)12-7-19-36-35/h1-22H. The van der Waals surface area contributed by atoms with Crippen LogP contribution in [-0.2, 0) is 4.57 Å². The molecular weight excluding hydrogens is 529 g/mol. The molecule has 0 radical (unpaired) electrons. The summed E-state index contributed by atoms with van der Waals surface area (Å²) >= 11 is 1.77. The van der Waals surface area contributed by atoms with Crippen LogP contribution >= 0.6 is 18.5 Å². The van der Waals surface area contributed by atoms with E-state index in [1.165, 1.54) is 14.8 Å². The molecule has 0 bridgehead atoms. The Bertz CT molecular complexity index is 2210. The van der Waals surface area contributed by atoms with Gasteiger partial charge in [0.05, 0.1) is 0 Å². The fourth-order valence-electron chi connectivity index (χ4n) is 5.64. The van der Waals surface area contributed by atoms with E-state index < -0.39 is 7.14 Å². The van der Waals surface area contributed by atoms with Crippen molar-refractivity contribution in [2.45, 2.75) is 0 Å². The van der Waals surface area contributed by atoms with Gasteiger partial charge in [0.15, 0.2) is 12.7 Å². The van der Waals surface area contributed by atoms with Gasteiger partial charge in [-0.3, -0.25) is 4.98 Å². The van der Waals surface area contributed by atoms with Crippen LogP contribution in [0.25, 0.3) is 53.4 Å². The molecule has 0 aliphatic carbocycles. The largest absolute Gasteiger partial charge is 0.454 e. The molecule has 0 saturated carbocycles. The number of furan rings is 1. The number of fused-ring (bicyclic) bond motifs is 6. The minimum Gasteiger partial charge on any atom is -0.454 e. The molecular formula is C35H22NO2PS. The molecule has 0 N–H and O–H groups in total. The third-order valence-electron chi connectivity index (χ3n) is 7.61. The number of thiophene rings is 1. The zero-order chi connectivity index (χ0) is 26.7. The second kappa shape index (κ2) is 9.02. The molecule has 8 aromatic rings. The number of aromatic nitrogens is 1. The van der Waals surface area contributed by atoms with E-state index in [2.05, 4.69) is 47.4 Å². The summed E-state index contributed by atoms with van der Waals surface area (Å²) in [6, 6.07) is 42.8. The summed E-state index contributed by atoms with van der Waals surface area (Å²) < 4.78 is 23.4. The van der Waals surface area contributed by atoms with Gasteiger partial charge in [0.25, 0.3) is 0 Å². The van der Waals surface area contributed by atoms with Crippen LogP contribution in [-0.4, -0.2) is 4.98 Å². The molecule has 3 heterocycles. The summed E-state index contributed by atoms with van der Waals surface area (Å²) in [4.78, 5) is 4.55. The van der Waals surface area contributed by atoms with E-state index in [0.717, 1.165) is 54.5 Å². The third-order valence-corrected chi connectivity index (χ3v) is 11.8. The van der Waals surface area contributed by atoms with Gasteiger partial charge in [0, 0.05) is 47.7 Å². The molecule has 3 nitrogen and oxygen atoms in total. The molecule has 0 amide bonds. The van der Waals surface area contributed by atoms with Gasteiger partial charge in [-0.1, -0.05) is 72.8 Å². The molecule has 0 spiro atoms. The number of hydrogen-bond acceptors (Lipinski definition) is 4. The van der Waals surface area contributed by atoms with Gasteiger partial charge in [0.1, 0.15) is 11.1 Å². The van der Waals surface area contributed by atoms with E-state index in [-0.39, 0.29) is 0 Å². The van der Waals surface area contributed by atoms with Crippen LogP contribution in [0.2, 0.25) is 0 Å². The summed E-state index contributed by atoms with van der Waals surface area (Å²) in [5.41, 5.74) is 4.74. The van der Waals surface area contributed by atoms with E-state index in [0.29, 0.717) is 0 Å². The summed E-state index contributed by atoms with van der Waals surface area (Å²) in [5.74, 6) is 0. The van der Waals surface area contributed by atoms with Crippen molar-refractivity contribution >= 4 is 76.6 Å². The molecule has 0 fully saturated rings. The molecule has 0 aliphatic heterocycles. The highest BCUT2D eigenvalue weighted by Crippen LogP contribution is 2.45. The molecule has 0 aliphatic rings. The lowest BCUT2D eigenvalue weighted by Gasteiger charge is -2.20. The van der Waals surface area contributed by atoms with Gasteiger partial charge in [-0.15, -0.1) is 11.3 Å². The smallest absolute Gasteiger partial charge is 0.171 e. The molecule has 40 heavy (non-hydrogen) atoms. The van der Waals surface area contributed by atoms with Crippen molar-refractivity contribution in [1.82, 2.24) is 4.98 Å². The van der Waals surface area contributed by atoms with Crippen LogP contribution in [0.3, 0.4) is 0 Å². The average Bonchev–Trinajstić information content (AvgIpc) is 3.58. The molecule has 5 aromatic carbocycles. The number of rotatable bonds is 4. The summed E-state index contributed by atoms with van der Waals surface area (Å²) in [6.45, 7) is 0. The van der Waals surface area contributed by atoms with E-state index in [1.54, 1.807) is 17.5 Å². The highest BCUT2D eigenvalue weighted by atomic mass is 32.1. The minimum atomic E-state index is -3.06. The fourth-order valence-corrected chi connectivity index (χ4v) is 9.38. The van der Waals surface area contributed by atoms with Crippen LogP contribution in [0, 0.1) is 0 Å². The van der Waals surface area contributed by atoms with Crippen molar-refractivity contribution in [3.63, 3.8) is 0 Å². The highest BCUT2D eigenvalue weighted by Gasteiger charge is 2.30. The molecule has 8 rings (SSSR count). The summed E-state index contributed by atoms with van der Waals surface area (Å²) in [7, 11) is -3.06. The van der Waals surface area contributed by atoms with Crippen molar-refractivity contribution in [3.05, 3.63) is 134 Å². The van der Waals surface area contributed by atoms with Gasteiger partial charge in [0.2, 0.25) is 0 Å². The Balaban J connectivity index is 1.32. The maximum atomic E-state index is 15.0. The first kappa shape index (κ1) is 23.4. The first-order valence-corrected chi connectivity index (χ1v) is 15.7. The predicted octanol–water partition coefficient (Wildman–Crippen LogP) is 8.66. The minimum absolute atomic E-state index is 0.794. The van der Waals surface area contributed by atoms with Crippen LogP contribution in [0.1, 0.15) is 0 Å². The Labute approximate surface area is 234 Å². The van der Waals surface area contributed by atoms with Gasteiger partial charge in [-0.2, -0.15) is 0 Å². The Morgan fingerprint density at radius 1 is 0.550 bits per heavy atom. The van der Waals surface area contributed by atoms with Crippen molar-refractivity contribution in [2.24, 2.45) is 0 Å². The summed E-state index contributed by atoms with van der Waals surface area (Å²) in [6.07, 6.45) is 1.80. The number of benzene rings is 5. The van der Waals surface area contributed by atoms with Gasteiger partial charge < -0.3 is 8.98 Å². The second-order valence-corrected chi connectivity index (χ2v) is 13.8. The first-order chi connectivity index (χ1) is 19.7. The Hall–Kier alpha value is -4.50. The van der Waals surface area contributed by atoms with Crippen LogP contribution < -0.4 is 15.9 Å². The highest BCUT2D eigenvalue weighted by molar-refractivity contribution is 7.85. The second-order valence-electron chi connectivity index (χ2n) is 9.94. The average molecular weight is 552 g/mol. The zero-order valence-corrected chi connectivity index (χ0v) is 23.0. The summed E-state index contributed by atoms with van der Waals surface area (Å²) in [5, 5.41) is 5.84. The van der Waals surface area contributed by atoms with Gasteiger partial charge in [-0.25, -0.2) is 0 Å². The van der Waals surface area contributed by atoms with E-state index in [9.17, 15) is 0 Å². The maximum Gasteiger partial charge on any atom is 0.171 e. The van der Waals surface area contributed by atoms with Crippen LogP contribution in [0.4, 0.5) is 0 Å².